The number of hydrogen-bond donors (Lipinski definition) is 1. The second-order valence-corrected chi connectivity index (χ2v) is 4.53. The first-order valence-electron chi connectivity index (χ1n) is 6.78. The summed E-state index contributed by atoms with van der Waals surface area (Å²) in [5, 5.41) is 2.46. The van der Waals surface area contributed by atoms with Crippen molar-refractivity contribution in [2.45, 2.75) is 0 Å². The van der Waals surface area contributed by atoms with Gasteiger partial charge in [-0.3, -0.25) is 4.79 Å². The van der Waals surface area contributed by atoms with Crippen molar-refractivity contribution in [3.8, 4) is 0 Å². The fourth-order valence-corrected chi connectivity index (χ4v) is 1.84. The molecule has 2 saturated carbocycles. The molecule has 0 spiro atoms. The maximum Gasteiger partial charge on any atom is 2.00 e. The summed E-state index contributed by atoms with van der Waals surface area (Å²) < 4.78 is 26.5. The number of amides is 1. The molecule has 1 aromatic carbocycles. The third-order valence-corrected chi connectivity index (χ3v) is 2.93. The first-order valence-corrected chi connectivity index (χ1v) is 6.78. The molecule has 0 aromatic heterocycles. The molecule has 118 valence electrons. The summed E-state index contributed by atoms with van der Waals surface area (Å²) in [6, 6.07) is 3.33. The van der Waals surface area contributed by atoms with E-state index in [2.05, 4.69) is 5.32 Å². The van der Waals surface area contributed by atoms with E-state index < -0.39 is 23.1 Å². The summed E-state index contributed by atoms with van der Waals surface area (Å²) in [6.45, 7) is 0.250. The first-order chi connectivity index (χ1) is 10.7. The van der Waals surface area contributed by atoms with Crippen LogP contribution in [0.1, 0.15) is 10.4 Å². The number of hydrogen-bond acceptors (Lipinski definition) is 1. The standard InChI is InChI=1S/C13H10F2NO.C5H5.Fe/c14-10-6-3-7-11(15)12(10)13(17)16-8-9-4-1-2-5-9;1-2-4-5-3-1;/h1-7H,8H2,(H,16,17);1-5H;/q;;+2. The minimum Gasteiger partial charge on any atom is -0.351 e. The van der Waals surface area contributed by atoms with Gasteiger partial charge in [0.15, 0.2) is 0 Å². The van der Waals surface area contributed by atoms with Gasteiger partial charge in [-0.2, -0.15) is 0 Å². The van der Waals surface area contributed by atoms with Crippen LogP contribution in [0.25, 0.3) is 0 Å². The molecular weight excluding hydrogens is 340 g/mol. The summed E-state index contributed by atoms with van der Waals surface area (Å²) in [7, 11) is 0. The van der Waals surface area contributed by atoms with Gasteiger partial charge in [0.1, 0.15) is 17.2 Å². The fourth-order valence-electron chi connectivity index (χ4n) is 1.84. The number of halogens is 2. The molecule has 5 heteroatoms. The summed E-state index contributed by atoms with van der Waals surface area (Å²) >= 11 is 0. The Hall–Kier alpha value is -0.931. The quantitative estimate of drug-likeness (QED) is 0.830. The second kappa shape index (κ2) is 10.8. The molecule has 2 aliphatic rings. The van der Waals surface area contributed by atoms with Crippen LogP contribution in [-0.4, -0.2) is 12.5 Å². The van der Waals surface area contributed by atoms with E-state index in [9.17, 15) is 13.6 Å². The van der Waals surface area contributed by atoms with E-state index in [0.29, 0.717) is 0 Å². The number of nitrogens with one attached hydrogen (secondary N) is 1. The molecule has 0 atom stereocenters. The summed E-state index contributed by atoms with van der Waals surface area (Å²) in [6.07, 6.45) is 17.3. The van der Waals surface area contributed by atoms with Crippen molar-refractivity contribution < 1.29 is 30.6 Å². The van der Waals surface area contributed by atoms with Gasteiger partial charge >= 0.3 is 17.1 Å². The molecule has 1 amide bonds. The predicted molar refractivity (Wildman–Crippen MR) is 80.6 cm³/mol. The van der Waals surface area contributed by atoms with E-state index in [0.717, 1.165) is 18.1 Å². The van der Waals surface area contributed by atoms with Gasteiger partial charge in [-0.05, 0) is 69.9 Å². The van der Waals surface area contributed by atoms with Crippen LogP contribution in [0.3, 0.4) is 0 Å². The minimum absolute atomic E-state index is 0. The Morgan fingerprint density at radius 3 is 1.83 bits per heavy atom. The largest absolute Gasteiger partial charge is 2.00 e. The van der Waals surface area contributed by atoms with Gasteiger partial charge in [-0.25, -0.2) is 8.78 Å². The van der Waals surface area contributed by atoms with Crippen LogP contribution in [0.5, 0.6) is 0 Å². The molecule has 0 bridgehead atoms. The van der Waals surface area contributed by atoms with Gasteiger partial charge in [0.25, 0.3) is 5.91 Å². The van der Waals surface area contributed by atoms with Crippen molar-refractivity contribution in [2.24, 2.45) is 0 Å². The Morgan fingerprint density at radius 1 is 0.870 bits per heavy atom. The average molecular weight is 355 g/mol. The third kappa shape index (κ3) is 6.60. The Balaban J connectivity index is 0.000000377. The molecule has 2 nitrogen and oxygen atoms in total. The van der Waals surface area contributed by atoms with E-state index in [-0.39, 0.29) is 23.6 Å². The Bertz CT molecular complexity index is 458. The van der Waals surface area contributed by atoms with Gasteiger partial charge in [0.05, 0.1) is 0 Å². The van der Waals surface area contributed by atoms with Crippen molar-refractivity contribution in [1.29, 1.82) is 0 Å². The zero-order chi connectivity index (χ0) is 15.8. The predicted octanol–water partition coefficient (Wildman–Crippen LogP) is 3.12. The monoisotopic (exact) mass is 355 g/mol. The van der Waals surface area contributed by atoms with E-state index in [1.54, 1.807) is 0 Å². The van der Waals surface area contributed by atoms with Crippen molar-refractivity contribution in [2.75, 3.05) is 6.54 Å². The Morgan fingerprint density at radius 2 is 1.35 bits per heavy atom. The van der Waals surface area contributed by atoms with E-state index in [1.807, 2.05) is 57.8 Å². The van der Waals surface area contributed by atoms with Gasteiger partial charge in [0, 0.05) is 12.5 Å². The molecule has 3 rings (SSSR count). The molecular formula is C18H15F2FeNO+2. The average Bonchev–Trinajstić information content (AvgIpc) is 3.21. The number of carbonyl (C=O) groups excluding carboxylic acids is 1. The molecule has 0 saturated heterocycles. The molecule has 0 heterocycles. The number of benzene rings is 1. The normalized spacial score (nSPS) is 17.1. The van der Waals surface area contributed by atoms with Crippen molar-refractivity contribution >= 4 is 5.91 Å². The van der Waals surface area contributed by atoms with E-state index in [4.69, 9.17) is 0 Å². The molecule has 0 unspecified atom stereocenters. The van der Waals surface area contributed by atoms with Gasteiger partial charge in [-0.1, -0.05) is 6.07 Å². The van der Waals surface area contributed by atoms with Gasteiger partial charge in [-0.15, -0.1) is 0 Å². The smallest absolute Gasteiger partial charge is 0.351 e. The van der Waals surface area contributed by atoms with Crippen LogP contribution >= 0.6 is 0 Å². The molecule has 2 fully saturated rings. The van der Waals surface area contributed by atoms with Crippen molar-refractivity contribution in [3.05, 3.63) is 99.1 Å². The van der Waals surface area contributed by atoms with E-state index >= 15 is 0 Å². The molecule has 0 aliphatic heterocycles. The number of rotatable bonds is 3. The number of carbonyl (C=O) groups is 1. The SMILES string of the molecule is O=C(NC[C]1[CH][CH][CH][CH]1)c1c(F)cccc1F.[CH]1[CH][CH][CH][CH]1.[Fe+2]. The summed E-state index contributed by atoms with van der Waals surface area (Å²) in [4.78, 5) is 11.6. The molecule has 2 aliphatic carbocycles. The topological polar surface area (TPSA) is 29.1 Å². The molecule has 23 heavy (non-hydrogen) atoms. The Labute approximate surface area is 147 Å². The molecule has 10 radical (unpaired) electrons. The van der Waals surface area contributed by atoms with Crippen LogP contribution in [0, 0.1) is 75.3 Å². The second-order valence-electron chi connectivity index (χ2n) is 4.53. The van der Waals surface area contributed by atoms with Crippen LogP contribution < -0.4 is 5.32 Å². The zero-order valence-electron chi connectivity index (χ0n) is 12.2. The summed E-state index contributed by atoms with van der Waals surface area (Å²) in [5.41, 5.74) is -0.543. The van der Waals surface area contributed by atoms with Crippen molar-refractivity contribution in [1.82, 2.24) is 5.32 Å². The maximum absolute atomic E-state index is 13.3. The Kier molecular flexibility index (Phi) is 9.42. The van der Waals surface area contributed by atoms with Crippen molar-refractivity contribution in [3.63, 3.8) is 0 Å². The van der Waals surface area contributed by atoms with Crippen LogP contribution in [0.4, 0.5) is 8.78 Å². The van der Waals surface area contributed by atoms with Gasteiger partial charge < -0.3 is 5.32 Å². The van der Waals surface area contributed by atoms with Crippen LogP contribution in [0.2, 0.25) is 0 Å². The summed E-state index contributed by atoms with van der Waals surface area (Å²) in [5.74, 6) is -1.58. The third-order valence-electron chi connectivity index (χ3n) is 2.93. The van der Waals surface area contributed by atoms with E-state index in [1.165, 1.54) is 6.07 Å². The maximum atomic E-state index is 13.3. The minimum atomic E-state index is -0.856. The first kappa shape index (κ1) is 20.1. The van der Waals surface area contributed by atoms with Gasteiger partial charge in [0.2, 0.25) is 0 Å². The van der Waals surface area contributed by atoms with Crippen LogP contribution in [0.15, 0.2) is 18.2 Å². The fraction of sp³-hybridized carbons (Fsp3) is 0.0556. The van der Waals surface area contributed by atoms with Crippen LogP contribution in [-0.2, 0) is 17.1 Å². The zero-order valence-corrected chi connectivity index (χ0v) is 13.3. The molecule has 1 aromatic rings. The molecule has 1 N–H and O–H groups in total.